The minimum absolute atomic E-state index is 0.292. The SMILES string of the molecule is NC(=S)c1nccnc1NC1CCSCC1. The summed E-state index contributed by atoms with van der Waals surface area (Å²) < 4.78 is 0. The Bertz CT molecular complexity index is 377. The molecule has 0 unspecified atom stereocenters. The van der Waals surface area contributed by atoms with Crippen LogP contribution in [0.4, 0.5) is 5.82 Å². The molecular weight excluding hydrogens is 240 g/mol. The Hall–Kier alpha value is -0.880. The van der Waals surface area contributed by atoms with Crippen LogP contribution in [0, 0.1) is 0 Å². The van der Waals surface area contributed by atoms with Crippen LogP contribution in [-0.2, 0) is 0 Å². The highest BCUT2D eigenvalue weighted by Crippen LogP contribution is 2.20. The Balaban J connectivity index is 2.10. The van der Waals surface area contributed by atoms with Crippen LogP contribution in [0.5, 0.6) is 0 Å². The van der Waals surface area contributed by atoms with Crippen LogP contribution >= 0.6 is 24.0 Å². The topological polar surface area (TPSA) is 63.8 Å². The molecule has 0 atom stereocenters. The van der Waals surface area contributed by atoms with Gasteiger partial charge in [-0.05, 0) is 24.3 Å². The fraction of sp³-hybridized carbons (Fsp3) is 0.500. The van der Waals surface area contributed by atoms with Crippen molar-refractivity contribution >= 4 is 34.8 Å². The van der Waals surface area contributed by atoms with Crippen LogP contribution in [-0.4, -0.2) is 32.5 Å². The van der Waals surface area contributed by atoms with Crippen molar-refractivity contribution in [1.82, 2.24) is 9.97 Å². The number of nitrogens with two attached hydrogens (primary N) is 1. The summed E-state index contributed by atoms with van der Waals surface area (Å²) in [6.45, 7) is 0. The summed E-state index contributed by atoms with van der Waals surface area (Å²) in [7, 11) is 0. The van der Waals surface area contributed by atoms with Crippen molar-refractivity contribution in [3.63, 3.8) is 0 Å². The number of aromatic nitrogens is 2. The molecule has 4 nitrogen and oxygen atoms in total. The summed E-state index contributed by atoms with van der Waals surface area (Å²) in [5.41, 5.74) is 6.20. The Labute approximate surface area is 104 Å². The number of anilines is 1. The van der Waals surface area contributed by atoms with Gasteiger partial charge in [0.15, 0.2) is 5.82 Å². The molecule has 0 saturated carbocycles. The van der Waals surface area contributed by atoms with Gasteiger partial charge < -0.3 is 11.1 Å². The largest absolute Gasteiger partial charge is 0.388 e. The highest BCUT2D eigenvalue weighted by Gasteiger charge is 2.16. The molecule has 0 aromatic carbocycles. The summed E-state index contributed by atoms with van der Waals surface area (Å²) in [5, 5.41) is 3.38. The second-order valence-corrected chi connectivity index (χ2v) is 5.31. The Kier molecular flexibility index (Phi) is 3.95. The maximum Gasteiger partial charge on any atom is 0.155 e. The normalized spacial score (nSPS) is 17.0. The van der Waals surface area contributed by atoms with Crippen molar-refractivity contribution in [3.8, 4) is 0 Å². The van der Waals surface area contributed by atoms with Gasteiger partial charge in [0.05, 0.1) is 0 Å². The third-order valence-corrected chi connectivity index (χ3v) is 3.74. The number of hydrogen-bond acceptors (Lipinski definition) is 5. The molecule has 0 bridgehead atoms. The molecule has 16 heavy (non-hydrogen) atoms. The summed E-state index contributed by atoms with van der Waals surface area (Å²) >= 11 is 6.94. The monoisotopic (exact) mass is 254 g/mol. The number of rotatable bonds is 3. The van der Waals surface area contributed by atoms with Gasteiger partial charge in [0.1, 0.15) is 10.7 Å². The molecule has 2 heterocycles. The molecule has 2 rings (SSSR count). The van der Waals surface area contributed by atoms with Crippen LogP contribution in [0.1, 0.15) is 18.5 Å². The predicted molar refractivity (Wildman–Crippen MR) is 71.9 cm³/mol. The summed E-state index contributed by atoms with van der Waals surface area (Å²) in [4.78, 5) is 8.69. The number of thiocarbonyl (C=S) groups is 1. The first-order chi connectivity index (χ1) is 7.77. The van der Waals surface area contributed by atoms with E-state index in [1.807, 2.05) is 11.8 Å². The van der Waals surface area contributed by atoms with E-state index >= 15 is 0 Å². The minimum Gasteiger partial charge on any atom is -0.388 e. The average molecular weight is 254 g/mol. The lowest BCUT2D eigenvalue weighted by molar-refractivity contribution is 0.663. The van der Waals surface area contributed by atoms with Crippen molar-refractivity contribution in [1.29, 1.82) is 0 Å². The van der Waals surface area contributed by atoms with Gasteiger partial charge in [-0.15, -0.1) is 0 Å². The molecule has 3 N–H and O–H groups in total. The van der Waals surface area contributed by atoms with E-state index in [2.05, 4.69) is 15.3 Å². The van der Waals surface area contributed by atoms with E-state index in [1.54, 1.807) is 12.4 Å². The Morgan fingerprint density at radius 1 is 1.38 bits per heavy atom. The van der Waals surface area contributed by atoms with Gasteiger partial charge in [-0.3, -0.25) is 0 Å². The van der Waals surface area contributed by atoms with Gasteiger partial charge in [0.25, 0.3) is 0 Å². The quantitative estimate of drug-likeness (QED) is 0.795. The molecule has 0 aliphatic carbocycles. The van der Waals surface area contributed by atoms with Crippen LogP contribution in [0.25, 0.3) is 0 Å². The molecule has 86 valence electrons. The van der Waals surface area contributed by atoms with Crippen molar-refractivity contribution in [2.75, 3.05) is 16.8 Å². The number of nitrogens with zero attached hydrogens (tertiary/aromatic N) is 2. The summed E-state index contributed by atoms with van der Waals surface area (Å²) in [6.07, 6.45) is 5.56. The third-order valence-electron chi connectivity index (χ3n) is 2.49. The van der Waals surface area contributed by atoms with Crippen molar-refractivity contribution < 1.29 is 0 Å². The van der Waals surface area contributed by atoms with Crippen molar-refractivity contribution in [2.45, 2.75) is 18.9 Å². The fourth-order valence-electron chi connectivity index (χ4n) is 1.66. The molecular formula is C10H14N4S2. The van der Waals surface area contributed by atoms with E-state index in [4.69, 9.17) is 18.0 Å². The second-order valence-electron chi connectivity index (χ2n) is 3.65. The minimum atomic E-state index is 0.292. The van der Waals surface area contributed by atoms with E-state index in [1.165, 1.54) is 11.5 Å². The molecule has 1 aromatic heterocycles. The first-order valence-electron chi connectivity index (χ1n) is 5.22. The van der Waals surface area contributed by atoms with E-state index in [0.29, 0.717) is 22.5 Å². The fourth-order valence-corrected chi connectivity index (χ4v) is 2.92. The van der Waals surface area contributed by atoms with Gasteiger partial charge in [0, 0.05) is 18.4 Å². The van der Waals surface area contributed by atoms with E-state index < -0.39 is 0 Å². The second kappa shape index (κ2) is 5.45. The lowest BCUT2D eigenvalue weighted by atomic mass is 10.1. The lowest BCUT2D eigenvalue weighted by Gasteiger charge is -2.23. The standard InChI is InChI=1S/C10H14N4S2/c11-9(15)8-10(13-4-3-12-8)14-7-1-5-16-6-2-7/h3-4,7H,1-2,5-6H2,(H2,11,15)(H,13,14). The zero-order valence-corrected chi connectivity index (χ0v) is 10.5. The maximum absolute atomic E-state index is 5.60. The van der Waals surface area contributed by atoms with Crippen LogP contribution in [0.15, 0.2) is 12.4 Å². The van der Waals surface area contributed by atoms with Crippen molar-refractivity contribution in [3.05, 3.63) is 18.1 Å². The first kappa shape index (κ1) is 11.6. The Morgan fingerprint density at radius 3 is 2.75 bits per heavy atom. The Morgan fingerprint density at radius 2 is 2.06 bits per heavy atom. The number of nitrogens with one attached hydrogen (secondary N) is 1. The van der Waals surface area contributed by atoms with Gasteiger partial charge in [-0.25, -0.2) is 9.97 Å². The van der Waals surface area contributed by atoms with Crippen LogP contribution in [0.2, 0.25) is 0 Å². The molecule has 0 radical (unpaired) electrons. The van der Waals surface area contributed by atoms with Gasteiger partial charge in [0.2, 0.25) is 0 Å². The highest BCUT2D eigenvalue weighted by atomic mass is 32.2. The molecule has 6 heteroatoms. The summed E-state index contributed by atoms with van der Waals surface area (Å²) in [6, 6.07) is 0.464. The highest BCUT2D eigenvalue weighted by molar-refractivity contribution is 7.99. The van der Waals surface area contributed by atoms with Crippen LogP contribution < -0.4 is 11.1 Å². The predicted octanol–water partition coefficient (Wildman–Crippen LogP) is 1.42. The first-order valence-corrected chi connectivity index (χ1v) is 6.79. The lowest BCUT2D eigenvalue weighted by Crippen LogP contribution is -2.27. The van der Waals surface area contributed by atoms with Gasteiger partial charge >= 0.3 is 0 Å². The van der Waals surface area contributed by atoms with Crippen molar-refractivity contribution in [2.24, 2.45) is 5.73 Å². The molecule has 0 spiro atoms. The molecule has 1 aliphatic rings. The number of thioether (sulfide) groups is 1. The van der Waals surface area contributed by atoms with Gasteiger partial charge in [-0.1, -0.05) is 12.2 Å². The molecule has 1 aromatic rings. The zero-order chi connectivity index (χ0) is 11.4. The molecule has 1 fully saturated rings. The summed E-state index contributed by atoms with van der Waals surface area (Å²) in [5.74, 6) is 3.10. The molecule has 1 aliphatic heterocycles. The third kappa shape index (κ3) is 2.82. The smallest absolute Gasteiger partial charge is 0.155 e. The van der Waals surface area contributed by atoms with E-state index in [9.17, 15) is 0 Å². The molecule has 1 saturated heterocycles. The van der Waals surface area contributed by atoms with Gasteiger partial charge in [-0.2, -0.15) is 11.8 Å². The van der Waals surface area contributed by atoms with E-state index in [-0.39, 0.29) is 0 Å². The zero-order valence-electron chi connectivity index (χ0n) is 8.85. The number of hydrogen-bond donors (Lipinski definition) is 2. The van der Waals surface area contributed by atoms with E-state index in [0.717, 1.165) is 12.8 Å². The molecule has 0 amide bonds. The maximum atomic E-state index is 5.60. The average Bonchev–Trinajstić information content (AvgIpc) is 2.31. The van der Waals surface area contributed by atoms with Crippen LogP contribution in [0.3, 0.4) is 0 Å².